The monoisotopic (exact) mass is 593 g/mol. The molecule has 3 aromatic carbocycles. The lowest BCUT2D eigenvalue weighted by molar-refractivity contribution is -0.114. The van der Waals surface area contributed by atoms with Gasteiger partial charge in [0.2, 0.25) is 15.9 Å². The summed E-state index contributed by atoms with van der Waals surface area (Å²) in [5.41, 5.74) is 9.29. The van der Waals surface area contributed by atoms with Crippen molar-refractivity contribution < 1.29 is 13.2 Å². The summed E-state index contributed by atoms with van der Waals surface area (Å²) < 4.78 is 30.5. The molecule has 0 spiro atoms. The third-order valence-corrected chi connectivity index (χ3v) is 9.90. The molecule has 1 aliphatic rings. The van der Waals surface area contributed by atoms with Crippen LogP contribution in [-0.2, 0) is 21.4 Å². The van der Waals surface area contributed by atoms with Crippen molar-refractivity contribution in [3.05, 3.63) is 108 Å². The van der Waals surface area contributed by atoms with Gasteiger partial charge in [0.05, 0.1) is 16.3 Å². The Morgan fingerprint density at radius 3 is 2.28 bits per heavy atom. The normalized spacial score (nSPS) is 14.7. The average molecular weight is 594 g/mol. The third-order valence-electron chi connectivity index (χ3n) is 7.99. The first-order chi connectivity index (χ1) is 20.7. The summed E-state index contributed by atoms with van der Waals surface area (Å²) in [4.78, 5) is 18.9. The van der Waals surface area contributed by atoms with Gasteiger partial charge in [-0.25, -0.2) is 13.4 Å². The van der Waals surface area contributed by atoms with E-state index < -0.39 is 10.0 Å². The molecule has 8 nitrogen and oxygen atoms in total. The van der Waals surface area contributed by atoms with Crippen LogP contribution in [0.1, 0.15) is 23.7 Å². The van der Waals surface area contributed by atoms with Crippen LogP contribution >= 0.6 is 0 Å². The summed E-state index contributed by atoms with van der Waals surface area (Å²) >= 11 is 0. The number of nitrogens with zero attached hydrogens (tertiary/aromatic N) is 4. The predicted octanol–water partition coefficient (Wildman–Crippen LogP) is 5.75. The zero-order valence-corrected chi connectivity index (χ0v) is 25.4. The fourth-order valence-corrected chi connectivity index (χ4v) is 7.10. The number of rotatable bonds is 7. The molecule has 1 aliphatic heterocycles. The number of pyridine rings is 1. The number of imidazole rings is 1. The number of nitrogens with one attached hydrogen (secondary N) is 1. The summed E-state index contributed by atoms with van der Waals surface area (Å²) in [5, 5.41) is 2.68. The van der Waals surface area contributed by atoms with E-state index in [1.807, 2.05) is 18.2 Å². The molecular formula is C34H35N5O3S. The molecule has 0 unspecified atom stereocenters. The lowest BCUT2D eigenvalue weighted by Crippen LogP contribution is -2.48. The molecule has 6 rings (SSSR count). The minimum absolute atomic E-state index is 0.199. The molecule has 1 saturated heterocycles. The van der Waals surface area contributed by atoms with Gasteiger partial charge in [0.15, 0.2) is 0 Å². The van der Waals surface area contributed by atoms with Crippen LogP contribution in [0, 0.1) is 13.8 Å². The van der Waals surface area contributed by atoms with Crippen LogP contribution in [0.2, 0.25) is 0 Å². The molecular weight excluding hydrogens is 558 g/mol. The van der Waals surface area contributed by atoms with E-state index in [4.69, 9.17) is 4.98 Å². The van der Waals surface area contributed by atoms with E-state index in [1.54, 1.807) is 28.6 Å². The van der Waals surface area contributed by atoms with E-state index in [-0.39, 0.29) is 10.8 Å². The number of aromatic nitrogens is 2. The van der Waals surface area contributed by atoms with Crippen LogP contribution < -0.4 is 5.32 Å². The maximum atomic E-state index is 13.4. The van der Waals surface area contributed by atoms with Crippen LogP contribution in [0.5, 0.6) is 0 Å². The summed E-state index contributed by atoms with van der Waals surface area (Å²) in [6.45, 7) is 8.28. The largest absolute Gasteiger partial charge is 0.326 e. The Labute approximate surface area is 252 Å². The number of hydrogen-bond donors (Lipinski definition) is 1. The number of benzene rings is 3. The van der Waals surface area contributed by atoms with E-state index in [9.17, 15) is 13.2 Å². The van der Waals surface area contributed by atoms with Crippen molar-refractivity contribution in [3.8, 4) is 22.4 Å². The summed E-state index contributed by atoms with van der Waals surface area (Å²) in [7, 11) is -3.65. The van der Waals surface area contributed by atoms with Gasteiger partial charge in [0.1, 0.15) is 5.65 Å². The molecule has 0 radical (unpaired) electrons. The predicted molar refractivity (Wildman–Crippen MR) is 170 cm³/mol. The van der Waals surface area contributed by atoms with Crippen molar-refractivity contribution in [1.82, 2.24) is 18.6 Å². The van der Waals surface area contributed by atoms with Crippen LogP contribution in [0.4, 0.5) is 5.69 Å². The van der Waals surface area contributed by atoms with E-state index in [2.05, 4.69) is 77.1 Å². The number of piperazine rings is 1. The van der Waals surface area contributed by atoms with Gasteiger partial charge in [-0.2, -0.15) is 4.31 Å². The second-order valence-corrected chi connectivity index (χ2v) is 13.1. The first kappa shape index (κ1) is 28.8. The fourth-order valence-electron chi connectivity index (χ4n) is 5.68. The molecule has 5 aromatic rings. The number of anilines is 1. The number of carbonyl (C=O) groups excluding carboxylic acids is 1. The lowest BCUT2D eigenvalue weighted by atomic mass is 10.00. The van der Waals surface area contributed by atoms with Crippen molar-refractivity contribution in [1.29, 1.82) is 0 Å². The van der Waals surface area contributed by atoms with Crippen molar-refractivity contribution in [2.75, 3.05) is 31.5 Å². The highest BCUT2D eigenvalue weighted by Crippen LogP contribution is 2.30. The molecule has 1 fully saturated rings. The quantitative estimate of drug-likeness (QED) is 0.260. The second kappa shape index (κ2) is 11.8. The number of aryl methyl sites for hydroxylation is 2. The molecule has 43 heavy (non-hydrogen) atoms. The van der Waals surface area contributed by atoms with E-state index in [1.165, 1.54) is 23.6 Å². The van der Waals surface area contributed by atoms with Gasteiger partial charge in [0, 0.05) is 57.1 Å². The minimum Gasteiger partial charge on any atom is -0.326 e. The van der Waals surface area contributed by atoms with Crippen molar-refractivity contribution in [2.24, 2.45) is 0 Å². The molecule has 0 atom stereocenters. The highest BCUT2D eigenvalue weighted by Gasteiger charge is 2.29. The smallest absolute Gasteiger partial charge is 0.243 e. The maximum absolute atomic E-state index is 13.4. The first-order valence-corrected chi connectivity index (χ1v) is 15.9. The van der Waals surface area contributed by atoms with Crippen molar-refractivity contribution in [2.45, 2.75) is 32.2 Å². The molecule has 3 heterocycles. The Morgan fingerprint density at radius 2 is 1.58 bits per heavy atom. The Kier molecular flexibility index (Phi) is 7.87. The molecule has 2 aromatic heterocycles. The minimum atomic E-state index is -3.65. The van der Waals surface area contributed by atoms with Crippen LogP contribution in [0.15, 0.2) is 96.0 Å². The summed E-state index contributed by atoms with van der Waals surface area (Å²) in [6, 6.07) is 27.3. The van der Waals surface area contributed by atoms with Gasteiger partial charge in [0.25, 0.3) is 0 Å². The molecule has 0 aliphatic carbocycles. The highest BCUT2D eigenvalue weighted by atomic mass is 32.2. The summed E-state index contributed by atoms with van der Waals surface area (Å²) in [6.07, 6.45) is 2.18. The van der Waals surface area contributed by atoms with Gasteiger partial charge in [-0.1, -0.05) is 54.1 Å². The number of sulfonamides is 1. The molecule has 0 bridgehead atoms. The number of fused-ring (bicyclic) bond motifs is 1. The Hall–Kier alpha value is -4.31. The summed E-state index contributed by atoms with van der Waals surface area (Å²) in [5.74, 6) is -0.199. The van der Waals surface area contributed by atoms with Crippen molar-refractivity contribution >= 4 is 27.3 Å². The SMILES string of the molecule is CC(=O)Nc1ccc(S(=O)(=O)N2CCN(Cc3c(-c4ccccc4)nc4ccc(-c5cc(C)ccc5C)cn34)CC2)cc1. The Bertz CT molecular complexity index is 1890. The van der Waals surface area contributed by atoms with Crippen LogP contribution in [-0.4, -0.2) is 59.1 Å². The number of carbonyl (C=O) groups is 1. The van der Waals surface area contributed by atoms with Gasteiger partial charge in [-0.3, -0.25) is 9.69 Å². The lowest BCUT2D eigenvalue weighted by Gasteiger charge is -2.34. The zero-order valence-electron chi connectivity index (χ0n) is 24.6. The van der Waals surface area contributed by atoms with E-state index >= 15 is 0 Å². The fraction of sp³-hybridized carbons (Fsp3) is 0.235. The Balaban J connectivity index is 1.27. The molecule has 1 N–H and O–H groups in total. The van der Waals surface area contributed by atoms with Crippen LogP contribution in [0.25, 0.3) is 28.0 Å². The Morgan fingerprint density at radius 1 is 0.860 bits per heavy atom. The topological polar surface area (TPSA) is 87.0 Å². The number of hydrogen-bond acceptors (Lipinski definition) is 5. The molecule has 1 amide bonds. The van der Waals surface area contributed by atoms with Gasteiger partial charge in [-0.15, -0.1) is 0 Å². The third kappa shape index (κ3) is 5.97. The number of amides is 1. The molecule has 0 saturated carbocycles. The van der Waals surface area contributed by atoms with Crippen molar-refractivity contribution in [3.63, 3.8) is 0 Å². The second-order valence-electron chi connectivity index (χ2n) is 11.1. The zero-order chi connectivity index (χ0) is 30.1. The highest BCUT2D eigenvalue weighted by molar-refractivity contribution is 7.89. The van der Waals surface area contributed by atoms with E-state index in [0.29, 0.717) is 38.4 Å². The molecule has 9 heteroatoms. The van der Waals surface area contributed by atoms with Gasteiger partial charge < -0.3 is 9.72 Å². The average Bonchev–Trinajstić information content (AvgIpc) is 3.36. The molecule has 220 valence electrons. The van der Waals surface area contributed by atoms with Gasteiger partial charge in [-0.05, 0) is 66.9 Å². The van der Waals surface area contributed by atoms with Gasteiger partial charge >= 0.3 is 0 Å². The standard InChI is InChI=1S/C34H35N5O3S/c1-24-9-10-25(2)31(21-24)28-11-16-33-36-34(27-7-5-4-6-8-27)32(39(33)22-28)23-37-17-19-38(20-18-37)43(41,42)30-14-12-29(13-15-30)35-26(3)40/h4-16,21-22H,17-20,23H2,1-3H3,(H,35,40). The van der Waals surface area contributed by atoms with E-state index in [0.717, 1.165) is 28.2 Å². The first-order valence-electron chi connectivity index (χ1n) is 14.4. The van der Waals surface area contributed by atoms with Crippen LogP contribution in [0.3, 0.4) is 0 Å². The maximum Gasteiger partial charge on any atom is 0.243 e.